The van der Waals surface area contributed by atoms with Gasteiger partial charge >= 0.3 is 0 Å². The molecule has 5 aromatic rings. The zero-order valence-electron chi connectivity index (χ0n) is 35.1. The number of aryl methyl sites for hydroxylation is 1. The molecule has 2 atom stereocenters. The first-order valence-electron chi connectivity index (χ1n) is 19.0. The summed E-state index contributed by atoms with van der Waals surface area (Å²) in [4.78, 5) is 24.8. The summed E-state index contributed by atoms with van der Waals surface area (Å²) in [6.07, 6.45) is 1.68. The van der Waals surface area contributed by atoms with Crippen molar-refractivity contribution in [2.45, 2.75) is 119 Å². The van der Waals surface area contributed by atoms with E-state index in [2.05, 4.69) is 10.2 Å². The van der Waals surface area contributed by atoms with E-state index in [0.717, 1.165) is 16.7 Å². The van der Waals surface area contributed by atoms with Gasteiger partial charge in [-0.2, -0.15) is 18.6 Å². The molecule has 0 saturated carbocycles. The van der Waals surface area contributed by atoms with Gasteiger partial charge in [0.25, 0.3) is 21.2 Å². The van der Waals surface area contributed by atoms with E-state index in [4.69, 9.17) is 46.3 Å². The number of aliphatic hydroxyl groups is 1. The molecule has 0 aliphatic heterocycles. The van der Waals surface area contributed by atoms with Crippen molar-refractivity contribution in [2.24, 2.45) is 0 Å². The van der Waals surface area contributed by atoms with Crippen LogP contribution >= 0.6 is 23.2 Å². The molecule has 340 valence electrons. The highest BCUT2D eigenvalue weighted by molar-refractivity contribution is 7.86. The molecule has 2 unspecified atom stereocenters. The van der Waals surface area contributed by atoms with Gasteiger partial charge in [-0.25, -0.2) is 9.36 Å². The Balaban J connectivity index is 0.000000435. The number of hydrogen-bond acceptors (Lipinski definition) is 12. The average Bonchev–Trinajstić information content (AvgIpc) is 3.17. The third kappa shape index (κ3) is 15.5. The van der Waals surface area contributed by atoms with Gasteiger partial charge in [0.1, 0.15) is 44.0 Å². The van der Waals surface area contributed by atoms with Crippen molar-refractivity contribution in [3.63, 3.8) is 0 Å². The lowest BCUT2D eigenvalue weighted by Crippen LogP contribution is -2.36. The van der Waals surface area contributed by atoms with Crippen LogP contribution in [0, 0.1) is 6.92 Å². The predicted octanol–water partition coefficient (Wildman–Crippen LogP) is 8.97. The second kappa shape index (κ2) is 23.0. The zero-order chi connectivity index (χ0) is 44.4. The molecule has 1 N–H and O–H groups in total. The molecule has 0 amide bonds. The van der Waals surface area contributed by atoms with Crippen LogP contribution in [-0.2, 0) is 38.6 Å². The average molecular weight is 920 g/mol. The molecule has 0 spiro atoms. The number of aromatic nitrogens is 4. The molecule has 0 saturated heterocycles. The van der Waals surface area contributed by atoms with Gasteiger partial charge < -0.3 is 24.1 Å². The molecule has 0 bridgehead atoms. The van der Waals surface area contributed by atoms with Crippen LogP contribution in [0.1, 0.15) is 86.9 Å². The minimum atomic E-state index is -3.87. The molecular formula is C45H60Cl2N4O10S. The van der Waals surface area contributed by atoms with Crippen LogP contribution in [0.4, 0.5) is 0 Å². The monoisotopic (exact) mass is 918 g/mol. The Bertz CT molecular complexity index is 2410. The standard InChI is InChI=1S/C25H29ClN2O6S.C18H23ClN2O4.2CH4/c1-17-6-12-21(13-7-17)35(30,31)34-18(2)15-32-20-10-8-19(9-11-20)16-33-22-14-27-28(25(3,4)5)24(29)23(22)26;1-12(22)10-24-14-7-5-13(6-8-14)11-25-15-9-20-21(18(2,3)4)17(23)16(15)19;;/h6-14,18H,15-16H2,1-5H3;5-9,12,22H,10-11H2,1-4H3;2*1H4. The van der Waals surface area contributed by atoms with Crippen LogP contribution < -0.4 is 30.1 Å². The molecule has 0 aliphatic rings. The lowest BCUT2D eigenvalue weighted by Gasteiger charge is -2.21. The molecule has 0 aliphatic carbocycles. The van der Waals surface area contributed by atoms with Gasteiger partial charge in [0.15, 0.2) is 21.5 Å². The second-order valence-electron chi connectivity index (χ2n) is 15.9. The summed E-state index contributed by atoms with van der Waals surface area (Å²) in [7, 11) is -3.87. The van der Waals surface area contributed by atoms with Crippen molar-refractivity contribution in [1.29, 1.82) is 0 Å². The molecule has 2 aromatic heterocycles. The summed E-state index contributed by atoms with van der Waals surface area (Å²) in [5, 5.41) is 17.5. The largest absolute Gasteiger partial charge is 0.491 e. The van der Waals surface area contributed by atoms with Crippen LogP contribution in [0.5, 0.6) is 23.0 Å². The molecule has 2 heterocycles. The van der Waals surface area contributed by atoms with Gasteiger partial charge in [-0.05, 0) is 110 Å². The van der Waals surface area contributed by atoms with Crippen molar-refractivity contribution >= 4 is 33.3 Å². The fourth-order valence-corrected chi connectivity index (χ4v) is 6.55. The fourth-order valence-electron chi connectivity index (χ4n) is 5.11. The molecule has 62 heavy (non-hydrogen) atoms. The predicted molar refractivity (Wildman–Crippen MR) is 244 cm³/mol. The van der Waals surface area contributed by atoms with Gasteiger partial charge in [0.2, 0.25) is 0 Å². The van der Waals surface area contributed by atoms with E-state index in [0.29, 0.717) is 11.5 Å². The van der Waals surface area contributed by atoms with Gasteiger partial charge in [0, 0.05) is 0 Å². The Kier molecular flexibility index (Phi) is 19.7. The number of nitrogens with zero attached hydrogens (tertiary/aromatic N) is 4. The summed E-state index contributed by atoms with van der Waals surface area (Å²) >= 11 is 12.3. The maximum Gasteiger partial charge on any atom is 0.297 e. The van der Waals surface area contributed by atoms with Gasteiger partial charge in [-0.3, -0.25) is 13.8 Å². The number of halogens is 2. The number of benzene rings is 3. The number of ether oxygens (including phenoxy) is 4. The lowest BCUT2D eigenvalue weighted by atomic mass is 10.1. The quantitative estimate of drug-likeness (QED) is 0.0991. The van der Waals surface area contributed by atoms with Crippen molar-refractivity contribution in [3.05, 3.63) is 133 Å². The maximum absolute atomic E-state index is 12.4. The Morgan fingerprint density at radius 3 is 1.40 bits per heavy atom. The van der Waals surface area contributed by atoms with E-state index in [1.165, 1.54) is 33.9 Å². The Morgan fingerprint density at radius 1 is 0.645 bits per heavy atom. The molecular weight excluding hydrogens is 859 g/mol. The van der Waals surface area contributed by atoms with Crippen LogP contribution in [-0.4, -0.2) is 58.5 Å². The van der Waals surface area contributed by atoms with Crippen LogP contribution in [0.2, 0.25) is 10.0 Å². The summed E-state index contributed by atoms with van der Waals surface area (Å²) in [6.45, 7) is 17.1. The van der Waals surface area contributed by atoms with E-state index in [-0.39, 0.29) is 73.3 Å². The SMILES string of the molecule is C.C.CC(O)COc1ccc(COc2cnn(C(C)(C)C)c(=O)c2Cl)cc1.Cc1ccc(S(=O)(=O)OC(C)COc2ccc(COc3cnn(C(C)(C)C)c(=O)c3Cl)cc2)cc1. The van der Waals surface area contributed by atoms with Crippen molar-refractivity contribution in [3.8, 4) is 23.0 Å². The Hall–Kier alpha value is -4.93. The number of hydrogen-bond donors (Lipinski definition) is 1. The van der Waals surface area contributed by atoms with Crippen LogP contribution in [0.25, 0.3) is 0 Å². The minimum Gasteiger partial charge on any atom is -0.491 e. The molecule has 17 heteroatoms. The van der Waals surface area contributed by atoms with Crippen LogP contribution in [0.3, 0.4) is 0 Å². The summed E-state index contributed by atoms with van der Waals surface area (Å²) < 4.78 is 55.0. The van der Waals surface area contributed by atoms with E-state index in [1.807, 2.05) is 60.6 Å². The highest BCUT2D eigenvalue weighted by Crippen LogP contribution is 2.24. The summed E-state index contributed by atoms with van der Waals surface area (Å²) in [5.41, 5.74) is 0.917. The fraction of sp³-hybridized carbons (Fsp3) is 0.422. The van der Waals surface area contributed by atoms with Crippen molar-refractivity contribution in [1.82, 2.24) is 19.6 Å². The van der Waals surface area contributed by atoms with Crippen LogP contribution in [0.15, 0.2) is 99.7 Å². The molecule has 14 nitrogen and oxygen atoms in total. The molecule has 5 rings (SSSR count). The third-order valence-corrected chi connectivity index (χ3v) is 10.4. The highest BCUT2D eigenvalue weighted by Gasteiger charge is 2.22. The second-order valence-corrected chi connectivity index (χ2v) is 18.3. The minimum absolute atomic E-state index is 0. The van der Waals surface area contributed by atoms with Gasteiger partial charge in [-0.15, -0.1) is 0 Å². The normalized spacial score (nSPS) is 12.4. The summed E-state index contributed by atoms with van der Waals surface area (Å²) in [5.74, 6) is 1.67. The molecule has 0 fully saturated rings. The van der Waals surface area contributed by atoms with Crippen molar-refractivity contribution in [2.75, 3.05) is 13.2 Å². The first-order valence-corrected chi connectivity index (χ1v) is 21.2. The Labute approximate surface area is 375 Å². The van der Waals surface area contributed by atoms with Gasteiger partial charge in [-0.1, -0.05) is 80.0 Å². The van der Waals surface area contributed by atoms with E-state index in [1.54, 1.807) is 62.4 Å². The first kappa shape index (κ1) is 53.2. The van der Waals surface area contributed by atoms with E-state index >= 15 is 0 Å². The topological polar surface area (TPSA) is 170 Å². The van der Waals surface area contributed by atoms with E-state index < -0.39 is 39.0 Å². The maximum atomic E-state index is 12.4. The highest BCUT2D eigenvalue weighted by atomic mass is 35.5. The summed E-state index contributed by atoms with van der Waals surface area (Å²) in [6, 6.07) is 20.8. The smallest absolute Gasteiger partial charge is 0.297 e. The molecule has 0 radical (unpaired) electrons. The lowest BCUT2D eigenvalue weighted by molar-refractivity contribution is 0.122. The van der Waals surface area contributed by atoms with Gasteiger partial charge in [0.05, 0.1) is 34.5 Å². The van der Waals surface area contributed by atoms with Crippen molar-refractivity contribution < 1.29 is 36.7 Å². The zero-order valence-corrected chi connectivity index (χ0v) is 37.5. The number of rotatable bonds is 15. The van der Waals surface area contributed by atoms with E-state index in [9.17, 15) is 23.1 Å². The molecule has 3 aromatic carbocycles. The first-order chi connectivity index (χ1) is 28.0. The Morgan fingerprint density at radius 2 is 1.03 bits per heavy atom. The number of aliphatic hydroxyl groups excluding tert-OH is 1. The third-order valence-electron chi connectivity index (χ3n) is 8.26.